The van der Waals surface area contributed by atoms with Gasteiger partial charge in [-0.05, 0) is 48.7 Å². The van der Waals surface area contributed by atoms with Crippen LogP contribution in [0.4, 0.5) is 0 Å². The van der Waals surface area contributed by atoms with Gasteiger partial charge in [0.05, 0.1) is 5.69 Å². The van der Waals surface area contributed by atoms with Crippen molar-refractivity contribution in [3.63, 3.8) is 0 Å². The standard InChI is InChI=1S/C23H21N5O2/c1-15-12-21(22-25-24-16(2)30-22)26-28(15)20-9-5-8-18(13-20)23(29)27-11-10-17-6-3-4-7-19(17)14-27/h3-9,12-13H,10-11,14H2,1-2H3. The second kappa shape index (κ2) is 7.26. The molecular formula is C23H21N5O2. The van der Waals surface area contributed by atoms with Gasteiger partial charge in [0.15, 0.2) is 0 Å². The maximum atomic E-state index is 13.2. The lowest BCUT2D eigenvalue weighted by Crippen LogP contribution is -2.35. The first kappa shape index (κ1) is 18.3. The van der Waals surface area contributed by atoms with E-state index < -0.39 is 0 Å². The molecule has 7 nitrogen and oxygen atoms in total. The Balaban J connectivity index is 1.42. The molecule has 3 heterocycles. The predicted molar refractivity (Wildman–Crippen MR) is 111 cm³/mol. The fourth-order valence-corrected chi connectivity index (χ4v) is 3.86. The fourth-order valence-electron chi connectivity index (χ4n) is 3.86. The van der Waals surface area contributed by atoms with Crippen molar-refractivity contribution >= 4 is 5.91 Å². The Morgan fingerprint density at radius 3 is 2.63 bits per heavy atom. The predicted octanol–water partition coefficient (Wildman–Crippen LogP) is 3.74. The number of hydrogen-bond donors (Lipinski definition) is 0. The molecule has 0 atom stereocenters. The molecule has 0 N–H and O–H groups in total. The summed E-state index contributed by atoms with van der Waals surface area (Å²) >= 11 is 0. The van der Waals surface area contributed by atoms with Crippen LogP contribution in [0.25, 0.3) is 17.3 Å². The molecule has 2 aromatic carbocycles. The zero-order valence-electron chi connectivity index (χ0n) is 16.9. The van der Waals surface area contributed by atoms with Crippen molar-refractivity contribution in [2.24, 2.45) is 0 Å². The summed E-state index contributed by atoms with van der Waals surface area (Å²) in [5.74, 6) is 0.908. The molecule has 2 aromatic heterocycles. The molecule has 7 heteroatoms. The number of fused-ring (bicyclic) bond motifs is 1. The Morgan fingerprint density at radius 2 is 1.83 bits per heavy atom. The maximum absolute atomic E-state index is 13.2. The molecule has 0 radical (unpaired) electrons. The minimum atomic E-state index is 0.0314. The largest absolute Gasteiger partial charge is 0.420 e. The van der Waals surface area contributed by atoms with Gasteiger partial charge in [-0.15, -0.1) is 10.2 Å². The van der Waals surface area contributed by atoms with Crippen LogP contribution in [0.5, 0.6) is 0 Å². The van der Waals surface area contributed by atoms with E-state index in [0.717, 1.165) is 24.3 Å². The van der Waals surface area contributed by atoms with Gasteiger partial charge in [0.2, 0.25) is 5.89 Å². The van der Waals surface area contributed by atoms with Crippen molar-refractivity contribution in [3.8, 4) is 17.3 Å². The average Bonchev–Trinajstić information content (AvgIpc) is 3.38. The van der Waals surface area contributed by atoms with Crippen LogP contribution in [0.2, 0.25) is 0 Å². The van der Waals surface area contributed by atoms with E-state index in [1.165, 1.54) is 11.1 Å². The summed E-state index contributed by atoms with van der Waals surface area (Å²) < 4.78 is 7.27. The molecule has 1 amide bonds. The third-order valence-corrected chi connectivity index (χ3v) is 5.39. The quantitative estimate of drug-likeness (QED) is 0.525. The van der Waals surface area contributed by atoms with Crippen molar-refractivity contribution in [3.05, 3.63) is 82.9 Å². The van der Waals surface area contributed by atoms with Gasteiger partial charge in [-0.2, -0.15) is 5.10 Å². The summed E-state index contributed by atoms with van der Waals surface area (Å²) in [7, 11) is 0. The Morgan fingerprint density at radius 1 is 1.00 bits per heavy atom. The van der Waals surface area contributed by atoms with Gasteiger partial charge >= 0.3 is 0 Å². The van der Waals surface area contributed by atoms with E-state index in [4.69, 9.17) is 4.42 Å². The van der Waals surface area contributed by atoms with Gasteiger partial charge in [0.1, 0.15) is 5.69 Å². The molecule has 0 saturated heterocycles. The van der Waals surface area contributed by atoms with Gasteiger partial charge in [-0.25, -0.2) is 4.68 Å². The summed E-state index contributed by atoms with van der Waals surface area (Å²) in [4.78, 5) is 15.1. The first-order chi connectivity index (χ1) is 14.6. The van der Waals surface area contributed by atoms with Gasteiger partial charge in [-0.3, -0.25) is 4.79 Å². The van der Waals surface area contributed by atoms with Crippen LogP contribution in [-0.4, -0.2) is 37.3 Å². The number of rotatable bonds is 3. The SMILES string of the molecule is Cc1nnc(-c2cc(C)n(-c3cccc(C(=O)N4CCc5ccccc5C4)c3)n2)o1. The second-order valence-electron chi connectivity index (χ2n) is 7.50. The Kier molecular flexibility index (Phi) is 4.43. The number of aryl methyl sites for hydroxylation is 2. The van der Waals surface area contributed by atoms with Crippen LogP contribution in [0.15, 0.2) is 59.0 Å². The number of hydrogen-bond acceptors (Lipinski definition) is 5. The summed E-state index contributed by atoms with van der Waals surface area (Å²) in [6.45, 7) is 5.06. The molecule has 150 valence electrons. The normalized spacial score (nSPS) is 13.3. The summed E-state index contributed by atoms with van der Waals surface area (Å²) in [6.07, 6.45) is 0.882. The highest BCUT2D eigenvalue weighted by Crippen LogP contribution is 2.23. The topological polar surface area (TPSA) is 77.1 Å². The van der Waals surface area contributed by atoms with Crippen molar-refractivity contribution in [2.75, 3.05) is 6.54 Å². The van der Waals surface area contributed by atoms with Gasteiger partial charge in [0, 0.05) is 31.3 Å². The van der Waals surface area contributed by atoms with E-state index in [2.05, 4.69) is 33.5 Å². The lowest BCUT2D eigenvalue weighted by Gasteiger charge is -2.29. The third-order valence-electron chi connectivity index (χ3n) is 5.39. The second-order valence-corrected chi connectivity index (χ2v) is 7.50. The number of carbonyl (C=O) groups is 1. The van der Waals surface area contributed by atoms with Crippen molar-refractivity contribution in [1.29, 1.82) is 0 Å². The molecule has 30 heavy (non-hydrogen) atoms. The molecule has 0 unspecified atom stereocenters. The highest BCUT2D eigenvalue weighted by atomic mass is 16.4. The molecule has 5 rings (SSSR count). The molecular weight excluding hydrogens is 378 g/mol. The van der Waals surface area contributed by atoms with E-state index in [0.29, 0.717) is 29.6 Å². The van der Waals surface area contributed by atoms with E-state index in [9.17, 15) is 4.79 Å². The van der Waals surface area contributed by atoms with Gasteiger partial charge in [-0.1, -0.05) is 30.3 Å². The maximum Gasteiger partial charge on any atom is 0.268 e. The molecule has 1 aliphatic heterocycles. The van der Waals surface area contributed by atoms with Crippen LogP contribution in [0, 0.1) is 13.8 Å². The number of nitrogens with zero attached hydrogens (tertiary/aromatic N) is 5. The fraction of sp³-hybridized carbons (Fsp3) is 0.217. The lowest BCUT2D eigenvalue weighted by atomic mass is 9.99. The number of carbonyl (C=O) groups excluding carboxylic acids is 1. The summed E-state index contributed by atoms with van der Waals surface area (Å²) in [5.41, 5.74) is 5.53. The van der Waals surface area contributed by atoms with Crippen LogP contribution in [-0.2, 0) is 13.0 Å². The number of benzene rings is 2. The Labute approximate surface area is 174 Å². The van der Waals surface area contributed by atoms with Crippen LogP contribution in [0.3, 0.4) is 0 Å². The Bertz CT molecular complexity index is 1240. The number of aromatic nitrogens is 4. The summed E-state index contributed by atoms with van der Waals surface area (Å²) in [6, 6.07) is 17.8. The average molecular weight is 399 g/mol. The minimum absolute atomic E-state index is 0.0314. The molecule has 0 saturated carbocycles. The molecule has 0 aliphatic carbocycles. The third kappa shape index (κ3) is 3.28. The smallest absolute Gasteiger partial charge is 0.268 e. The molecule has 0 bridgehead atoms. The van der Waals surface area contributed by atoms with Crippen LogP contribution >= 0.6 is 0 Å². The van der Waals surface area contributed by atoms with Crippen molar-refractivity contribution in [2.45, 2.75) is 26.8 Å². The molecule has 4 aromatic rings. The van der Waals surface area contributed by atoms with Gasteiger partial charge < -0.3 is 9.32 Å². The number of amides is 1. The lowest BCUT2D eigenvalue weighted by molar-refractivity contribution is 0.0734. The highest BCUT2D eigenvalue weighted by Gasteiger charge is 2.22. The first-order valence-electron chi connectivity index (χ1n) is 9.92. The van der Waals surface area contributed by atoms with E-state index in [1.807, 2.05) is 48.2 Å². The zero-order chi connectivity index (χ0) is 20.7. The van der Waals surface area contributed by atoms with Crippen molar-refractivity contribution < 1.29 is 9.21 Å². The van der Waals surface area contributed by atoms with Crippen LogP contribution < -0.4 is 0 Å². The molecule has 0 spiro atoms. The zero-order valence-corrected chi connectivity index (χ0v) is 16.9. The molecule has 1 aliphatic rings. The van der Waals surface area contributed by atoms with Gasteiger partial charge in [0.25, 0.3) is 11.8 Å². The highest BCUT2D eigenvalue weighted by molar-refractivity contribution is 5.95. The monoisotopic (exact) mass is 399 g/mol. The Hall–Kier alpha value is -3.74. The van der Waals surface area contributed by atoms with E-state index >= 15 is 0 Å². The van der Waals surface area contributed by atoms with Crippen molar-refractivity contribution in [1.82, 2.24) is 24.9 Å². The minimum Gasteiger partial charge on any atom is -0.420 e. The first-order valence-corrected chi connectivity index (χ1v) is 9.92. The summed E-state index contributed by atoms with van der Waals surface area (Å²) in [5, 5.41) is 12.5. The van der Waals surface area contributed by atoms with Crippen LogP contribution in [0.1, 0.15) is 33.1 Å². The molecule has 0 fully saturated rings. The van der Waals surface area contributed by atoms with E-state index in [1.54, 1.807) is 11.6 Å². The van der Waals surface area contributed by atoms with E-state index in [-0.39, 0.29) is 5.91 Å².